The van der Waals surface area contributed by atoms with Gasteiger partial charge in [0.25, 0.3) is 0 Å². The van der Waals surface area contributed by atoms with Gasteiger partial charge in [-0.15, -0.1) is 11.3 Å². The summed E-state index contributed by atoms with van der Waals surface area (Å²) in [7, 11) is 0. The Hall–Kier alpha value is -0.780. The summed E-state index contributed by atoms with van der Waals surface area (Å²) in [4.78, 5) is 16.8. The maximum absolute atomic E-state index is 13.9. The molecule has 0 fully saturated rings. The van der Waals surface area contributed by atoms with Crippen LogP contribution in [0.2, 0.25) is 5.02 Å². The van der Waals surface area contributed by atoms with E-state index in [1.165, 1.54) is 17.4 Å². The van der Waals surface area contributed by atoms with Crippen molar-refractivity contribution in [1.82, 2.24) is 4.98 Å². The van der Waals surface area contributed by atoms with Gasteiger partial charge in [-0.25, -0.2) is 9.37 Å². The number of benzene rings is 1. The molecule has 2 nitrogen and oxygen atoms in total. The third-order valence-electron chi connectivity index (χ3n) is 2.39. The average Bonchev–Trinajstić information content (AvgIpc) is 2.65. The van der Waals surface area contributed by atoms with E-state index in [4.69, 9.17) is 11.6 Å². The predicted molar refractivity (Wildman–Crippen MR) is 74.1 cm³/mol. The zero-order chi connectivity index (χ0) is 13.4. The Labute approximate surface area is 121 Å². The number of aromatic nitrogens is 1. The molecule has 0 atom stereocenters. The lowest BCUT2D eigenvalue weighted by molar-refractivity contribution is 0.103. The molecule has 0 N–H and O–H groups in total. The number of nitrogens with zero attached hydrogens (tertiary/aromatic N) is 1. The van der Waals surface area contributed by atoms with Crippen molar-refractivity contribution in [2.24, 2.45) is 0 Å². The van der Waals surface area contributed by atoms with Crippen molar-refractivity contribution in [3.8, 4) is 0 Å². The minimum absolute atomic E-state index is 0.0325. The van der Waals surface area contributed by atoms with Crippen LogP contribution < -0.4 is 0 Å². The van der Waals surface area contributed by atoms with Crippen LogP contribution in [0.5, 0.6) is 0 Å². The summed E-state index contributed by atoms with van der Waals surface area (Å²) < 4.78 is 14.4. The Balaban J connectivity index is 2.53. The molecule has 1 aromatic heterocycles. The SMILES string of the molecule is Cc1nc(C)c(C(=O)c2ccc(Br)c(Cl)c2F)s1. The number of halogens is 3. The molecule has 18 heavy (non-hydrogen) atoms. The van der Waals surface area contributed by atoms with Crippen molar-refractivity contribution in [2.45, 2.75) is 13.8 Å². The summed E-state index contributed by atoms with van der Waals surface area (Å²) in [6.45, 7) is 3.54. The molecule has 6 heteroatoms. The molecule has 1 heterocycles. The number of hydrogen-bond donors (Lipinski definition) is 0. The first-order chi connectivity index (χ1) is 8.41. The van der Waals surface area contributed by atoms with E-state index in [2.05, 4.69) is 20.9 Å². The normalized spacial score (nSPS) is 10.7. The maximum Gasteiger partial charge on any atom is 0.207 e. The summed E-state index contributed by atoms with van der Waals surface area (Å²) >= 11 is 10.1. The van der Waals surface area contributed by atoms with Crippen molar-refractivity contribution >= 4 is 44.7 Å². The lowest BCUT2D eigenvalue weighted by Gasteiger charge is -2.04. The van der Waals surface area contributed by atoms with E-state index >= 15 is 0 Å². The van der Waals surface area contributed by atoms with Gasteiger partial charge >= 0.3 is 0 Å². The summed E-state index contributed by atoms with van der Waals surface area (Å²) in [6, 6.07) is 2.98. The van der Waals surface area contributed by atoms with Gasteiger partial charge in [-0.2, -0.15) is 0 Å². The van der Waals surface area contributed by atoms with E-state index in [9.17, 15) is 9.18 Å². The first-order valence-electron chi connectivity index (χ1n) is 5.04. The highest BCUT2D eigenvalue weighted by molar-refractivity contribution is 9.10. The van der Waals surface area contributed by atoms with Gasteiger partial charge in [0.2, 0.25) is 5.78 Å². The first-order valence-corrected chi connectivity index (χ1v) is 7.02. The number of aryl methyl sites for hydroxylation is 2. The molecule has 0 unspecified atom stereocenters. The van der Waals surface area contributed by atoms with Crippen LogP contribution in [0.4, 0.5) is 4.39 Å². The fourth-order valence-corrected chi connectivity index (χ4v) is 2.91. The number of carbonyl (C=O) groups excluding carboxylic acids is 1. The van der Waals surface area contributed by atoms with Gasteiger partial charge in [-0.1, -0.05) is 11.6 Å². The fraction of sp³-hybridized carbons (Fsp3) is 0.167. The quantitative estimate of drug-likeness (QED) is 0.589. The molecule has 0 saturated heterocycles. The van der Waals surface area contributed by atoms with Gasteiger partial charge in [0.1, 0.15) is 0 Å². The van der Waals surface area contributed by atoms with E-state index in [0.717, 1.165) is 5.01 Å². The third kappa shape index (κ3) is 2.35. The average molecular weight is 349 g/mol. The number of carbonyl (C=O) groups is 1. The lowest BCUT2D eigenvalue weighted by atomic mass is 10.1. The van der Waals surface area contributed by atoms with Crippen molar-refractivity contribution in [1.29, 1.82) is 0 Å². The Morgan fingerprint density at radius 2 is 2.11 bits per heavy atom. The summed E-state index contributed by atoms with van der Waals surface area (Å²) in [5, 5.41) is 0.694. The van der Waals surface area contributed by atoms with Crippen LogP contribution in [-0.2, 0) is 0 Å². The molecule has 0 aliphatic carbocycles. The molecule has 0 aliphatic heterocycles. The lowest BCUT2D eigenvalue weighted by Crippen LogP contribution is -2.04. The monoisotopic (exact) mass is 347 g/mol. The van der Waals surface area contributed by atoms with Crippen LogP contribution in [0, 0.1) is 19.7 Å². The zero-order valence-corrected chi connectivity index (χ0v) is 12.7. The second-order valence-corrected chi connectivity index (χ2v) is 6.13. The highest BCUT2D eigenvalue weighted by Gasteiger charge is 2.21. The topological polar surface area (TPSA) is 30.0 Å². The second kappa shape index (κ2) is 5.07. The van der Waals surface area contributed by atoms with Crippen molar-refractivity contribution < 1.29 is 9.18 Å². The van der Waals surface area contributed by atoms with Crippen LogP contribution in [-0.4, -0.2) is 10.8 Å². The van der Waals surface area contributed by atoms with Crippen LogP contribution in [0.15, 0.2) is 16.6 Å². The molecule has 2 aromatic rings. The van der Waals surface area contributed by atoms with Crippen LogP contribution in [0.1, 0.15) is 25.9 Å². The number of thiazole rings is 1. The van der Waals surface area contributed by atoms with Gasteiger partial charge in [0.05, 0.1) is 26.2 Å². The summed E-state index contributed by atoms with van der Waals surface area (Å²) in [5.41, 5.74) is 0.580. The molecule has 0 bridgehead atoms. The molecule has 0 saturated carbocycles. The van der Waals surface area contributed by atoms with Gasteiger partial charge in [-0.3, -0.25) is 4.79 Å². The molecule has 0 aliphatic rings. The second-order valence-electron chi connectivity index (χ2n) is 3.70. The first kappa shape index (κ1) is 13.6. The van der Waals surface area contributed by atoms with Crippen LogP contribution >= 0.6 is 38.9 Å². The molecule has 0 spiro atoms. The van der Waals surface area contributed by atoms with Gasteiger partial charge in [0.15, 0.2) is 5.82 Å². The highest BCUT2D eigenvalue weighted by Crippen LogP contribution is 2.30. The number of hydrogen-bond acceptors (Lipinski definition) is 3. The molecular weight excluding hydrogens is 341 g/mol. The molecule has 2 rings (SSSR count). The van der Waals surface area contributed by atoms with Crippen molar-refractivity contribution in [2.75, 3.05) is 0 Å². The number of rotatable bonds is 2. The molecule has 0 amide bonds. The highest BCUT2D eigenvalue weighted by atomic mass is 79.9. The van der Waals surface area contributed by atoms with E-state index < -0.39 is 5.82 Å². The summed E-state index contributed by atoms with van der Waals surface area (Å²) in [5.74, 6) is -1.09. The predicted octanol–water partition coefficient (Wildman–Crippen LogP) is 4.55. The van der Waals surface area contributed by atoms with Gasteiger partial charge in [-0.05, 0) is 41.9 Å². The van der Waals surface area contributed by atoms with Crippen LogP contribution in [0.25, 0.3) is 0 Å². The molecule has 1 aromatic carbocycles. The molecular formula is C12H8BrClFNOS. The Kier molecular flexibility index (Phi) is 3.84. The van der Waals surface area contributed by atoms with Gasteiger partial charge < -0.3 is 0 Å². The van der Waals surface area contributed by atoms with E-state index in [1.807, 2.05) is 0 Å². The van der Waals surface area contributed by atoms with Gasteiger partial charge in [0, 0.05) is 4.47 Å². The molecule has 0 radical (unpaired) electrons. The standard InChI is InChI=1S/C12H8BrClFNOS/c1-5-12(18-6(2)16-5)11(17)7-3-4-8(13)9(14)10(7)15/h3-4H,1-2H3. The summed E-state index contributed by atoms with van der Waals surface area (Å²) in [6.07, 6.45) is 0. The van der Waals surface area contributed by atoms with E-state index in [1.54, 1.807) is 19.9 Å². The molecule has 94 valence electrons. The fourth-order valence-electron chi connectivity index (χ4n) is 1.57. The minimum atomic E-state index is -0.707. The van der Waals surface area contributed by atoms with Crippen LogP contribution in [0.3, 0.4) is 0 Å². The Morgan fingerprint density at radius 1 is 1.44 bits per heavy atom. The zero-order valence-electron chi connectivity index (χ0n) is 9.55. The minimum Gasteiger partial charge on any atom is -0.288 e. The number of ketones is 1. The Morgan fingerprint density at radius 3 is 2.67 bits per heavy atom. The van der Waals surface area contributed by atoms with Crippen molar-refractivity contribution in [3.05, 3.63) is 48.6 Å². The van der Waals surface area contributed by atoms with E-state index in [-0.39, 0.29) is 16.4 Å². The maximum atomic E-state index is 13.9. The smallest absolute Gasteiger partial charge is 0.207 e. The van der Waals surface area contributed by atoms with Crippen molar-refractivity contribution in [3.63, 3.8) is 0 Å². The Bertz CT molecular complexity index is 641. The largest absolute Gasteiger partial charge is 0.288 e. The third-order valence-corrected chi connectivity index (χ3v) is 4.72. The van der Waals surface area contributed by atoms with E-state index in [0.29, 0.717) is 15.0 Å².